The number of allylic oxidation sites excluding steroid dienone is 2. The summed E-state index contributed by atoms with van der Waals surface area (Å²) in [7, 11) is 1.77. The number of hydrogen-bond donors (Lipinski definition) is 1. The molecule has 0 aromatic heterocycles. The molecule has 2 fully saturated rings. The molecule has 1 aromatic rings. The summed E-state index contributed by atoms with van der Waals surface area (Å²) < 4.78 is 5.50. The molecule has 1 saturated heterocycles. The van der Waals surface area contributed by atoms with Crippen LogP contribution in [0.2, 0.25) is 0 Å². The van der Waals surface area contributed by atoms with E-state index in [1.54, 1.807) is 7.11 Å². The van der Waals surface area contributed by atoms with Crippen LogP contribution in [-0.4, -0.2) is 42.9 Å². The molecule has 0 radical (unpaired) electrons. The van der Waals surface area contributed by atoms with Crippen LogP contribution in [0.25, 0.3) is 6.08 Å². The fourth-order valence-electron chi connectivity index (χ4n) is 5.18. The van der Waals surface area contributed by atoms with Crippen molar-refractivity contribution in [3.05, 3.63) is 54.3 Å². The average molecular weight is 370 g/mol. The summed E-state index contributed by atoms with van der Waals surface area (Å²) in [6.07, 6.45) is 10.0. The highest BCUT2D eigenvalue weighted by Crippen LogP contribution is 2.45. The zero-order chi connectivity index (χ0) is 19.3. The maximum Gasteiger partial charge on any atom is 0.0857 e. The summed E-state index contributed by atoms with van der Waals surface area (Å²) in [4.78, 5) is 2.69. The Bertz CT molecular complexity index is 641. The quantitative estimate of drug-likeness (QED) is 0.662. The van der Waals surface area contributed by atoms with Crippen molar-refractivity contribution in [1.29, 1.82) is 0 Å². The van der Waals surface area contributed by atoms with E-state index in [1.165, 1.54) is 24.9 Å². The Morgan fingerprint density at radius 2 is 2.11 bits per heavy atom. The second-order valence-corrected chi connectivity index (χ2v) is 8.77. The van der Waals surface area contributed by atoms with Crippen molar-refractivity contribution in [2.45, 2.75) is 45.1 Å². The third-order valence-electron chi connectivity index (χ3n) is 6.56. The Balaban J connectivity index is 1.56. The molecular formula is C24H35NO2. The Hall–Kier alpha value is -1.58. The van der Waals surface area contributed by atoms with Crippen LogP contribution in [-0.2, 0) is 4.74 Å². The summed E-state index contributed by atoms with van der Waals surface area (Å²) in [5.74, 6) is 1.62. The van der Waals surface area contributed by atoms with E-state index in [0.29, 0.717) is 30.1 Å². The highest BCUT2D eigenvalue weighted by Gasteiger charge is 2.42. The topological polar surface area (TPSA) is 32.7 Å². The number of benzene rings is 1. The smallest absolute Gasteiger partial charge is 0.0857 e. The lowest BCUT2D eigenvalue weighted by Crippen LogP contribution is -2.44. The van der Waals surface area contributed by atoms with E-state index >= 15 is 0 Å². The molecular weight excluding hydrogens is 334 g/mol. The largest absolute Gasteiger partial charge is 0.513 e. The number of aliphatic hydroxyl groups is 1. The Labute approximate surface area is 164 Å². The van der Waals surface area contributed by atoms with Crippen LogP contribution in [0.4, 0.5) is 0 Å². The third-order valence-corrected chi connectivity index (χ3v) is 6.56. The maximum absolute atomic E-state index is 9.76. The second kappa shape index (κ2) is 9.07. The van der Waals surface area contributed by atoms with Crippen LogP contribution in [0.1, 0.15) is 44.6 Å². The monoisotopic (exact) mass is 369 g/mol. The van der Waals surface area contributed by atoms with Crippen molar-refractivity contribution in [1.82, 2.24) is 4.90 Å². The standard InChI is InChI=1S/C24H35NO2/c1-19-17-25(14-12-22(19)10-9-21-7-5-4-6-8-21)23-11-13-24(16-23,18-27-3)15-20(2)26/h4-10,19,22-23,26H,2,11-18H2,1,3H3/b10-9-. The molecule has 1 saturated carbocycles. The number of likely N-dealkylation sites (tertiary alicyclic amines) is 1. The van der Waals surface area contributed by atoms with E-state index in [-0.39, 0.29) is 5.41 Å². The molecule has 0 amide bonds. The predicted molar refractivity (Wildman–Crippen MR) is 113 cm³/mol. The summed E-state index contributed by atoms with van der Waals surface area (Å²) in [5.41, 5.74) is 1.36. The molecule has 1 aliphatic carbocycles. The number of rotatable bonds is 7. The molecule has 2 aliphatic rings. The molecule has 4 unspecified atom stereocenters. The van der Waals surface area contributed by atoms with Crippen LogP contribution in [0.15, 0.2) is 48.7 Å². The van der Waals surface area contributed by atoms with Gasteiger partial charge in [0.15, 0.2) is 0 Å². The van der Waals surface area contributed by atoms with Crippen molar-refractivity contribution >= 4 is 6.08 Å². The lowest BCUT2D eigenvalue weighted by molar-refractivity contribution is 0.0572. The summed E-state index contributed by atoms with van der Waals surface area (Å²) >= 11 is 0. The first-order chi connectivity index (χ1) is 13.0. The fraction of sp³-hybridized carbons (Fsp3) is 0.583. The van der Waals surface area contributed by atoms with Crippen LogP contribution in [0.3, 0.4) is 0 Å². The number of hydrogen-bond acceptors (Lipinski definition) is 3. The van der Waals surface area contributed by atoms with Gasteiger partial charge in [0.25, 0.3) is 0 Å². The number of ether oxygens (including phenoxy) is 1. The lowest BCUT2D eigenvalue weighted by atomic mass is 9.82. The average Bonchev–Trinajstić information content (AvgIpc) is 3.05. The van der Waals surface area contributed by atoms with Gasteiger partial charge in [-0.2, -0.15) is 0 Å². The lowest BCUT2D eigenvalue weighted by Gasteiger charge is -2.40. The van der Waals surface area contributed by atoms with E-state index in [2.05, 4.69) is 60.9 Å². The molecule has 148 valence electrons. The van der Waals surface area contributed by atoms with Gasteiger partial charge in [-0.3, -0.25) is 0 Å². The van der Waals surface area contributed by atoms with Crippen molar-refractivity contribution in [3.8, 4) is 0 Å². The van der Waals surface area contributed by atoms with Crippen LogP contribution in [0.5, 0.6) is 0 Å². The normalized spacial score (nSPS) is 32.1. The molecule has 1 heterocycles. The van der Waals surface area contributed by atoms with Crippen LogP contribution in [0, 0.1) is 17.3 Å². The van der Waals surface area contributed by atoms with Gasteiger partial charge >= 0.3 is 0 Å². The Kier molecular flexibility index (Phi) is 6.78. The summed E-state index contributed by atoms with van der Waals surface area (Å²) in [5, 5.41) is 9.76. The molecule has 3 rings (SSSR count). The van der Waals surface area contributed by atoms with Crippen LogP contribution >= 0.6 is 0 Å². The van der Waals surface area contributed by atoms with E-state index in [4.69, 9.17) is 4.74 Å². The summed E-state index contributed by atoms with van der Waals surface area (Å²) in [6.45, 7) is 9.17. The molecule has 0 bridgehead atoms. The highest BCUT2D eigenvalue weighted by atomic mass is 16.5. The number of nitrogens with zero attached hydrogens (tertiary/aromatic N) is 1. The number of methoxy groups -OCH3 is 1. The molecule has 0 spiro atoms. The minimum Gasteiger partial charge on any atom is -0.513 e. The fourth-order valence-corrected chi connectivity index (χ4v) is 5.18. The van der Waals surface area contributed by atoms with E-state index in [0.717, 1.165) is 26.0 Å². The first kappa shape index (κ1) is 20.2. The van der Waals surface area contributed by atoms with Gasteiger partial charge in [-0.25, -0.2) is 0 Å². The molecule has 1 N–H and O–H groups in total. The second-order valence-electron chi connectivity index (χ2n) is 8.77. The van der Waals surface area contributed by atoms with Gasteiger partial charge in [-0.05, 0) is 49.6 Å². The molecule has 27 heavy (non-hydrogen) atoms. The molecule has 1 aromatic carbocycles. The molecule has 3 heteroatoms. The minimum atomic E-state index is 0.0680. The SMILES string of the molecule is C=C(O)CC1(COC)CCC(N2CCC(/C=C\c3ccccc3)C(C)C2)C1. The zero-order valence-corrected chi connectivity index (χ0v) is 16.9. The van der Waals surface area contributed by atoms with E-state index in [1.807, 2.05) is 0 Å². The van der Waals surface area contributed by atoms with Gasteiger partial charge in [0.1, 0.15) is 0 Å². The van der Waals surface area contributed by atoms with E-state index in [9.17, 15) is 5.11 Å². The predicted octanol–water partition coefficient (Wildman–Crippen LogP) is 5.30. The maximum atomic E-state index is 9.76. The van der Waals surface area contributed by atoms with Crippen LogP contribution < -0.4 is 0 Å². The van der Waals surface area contributed by atoms with Gasteiger partial charge in [-0.1, -0.05) is 56.0 Å². The first-order valence-corrected chi connectivity index (χ1v) is 10.3. The van der Waals surface area contributed by atoms with Crippen molar-refractivity contribution < 1.29 is 9.84 Å². The van der Waals surface area contributed by atoms with Gasteiger partial charge < -0.3 is 14.7 Å². The molecule has 1 aliphatic heterocycles. The summed E-state index contributed by atoms with van der Waals surface area (Å²) in [6, 6.07) is 11.2. The minimum absolute atomic E-state index is 0.0680. The van der Waals surface area contributed by atoms with Gasteiger partial charge in [0.2, 0.25) is 0 Å². The third kappa shape index (κ3) is 5.24. The van der Waals surface area contributed by atoms with Crippen molar-refractivity contribution in [3.63, 3.8) is 0 Å². The first-order valence-electron chi connectivity index (χ1n) is 10.3. The van der Waals surface area contributed by atoms with Crippen molar-refractivity contribution in [2.75, 3.05) is 26.8 Å². The Morgan fingerprint density at radius 1 is 1.33 bits per heavy atom. The highest BCUT2D eigenvalue weighted by molar-refractivity contribution is 5.49. The van der Waals surface area contributed by atoms with E-state index < -0.39 is 0 Å². The van der Waals surface area contributed by atoms with Crippen molar-refractivity contribution in [2.24, 2.45) is 17.3 Å². The van der Waals surface area contributed by atoms with Gasteiger partial charge in [-0.15, -0.1) is 0 Å². The number of aliphatic hydroxyl groups excluding tert-OH is 1. The molecule has 4 atom stereocenters. The van der Waals surface area contributed by atoms with Gasteiger partial charge in [0, 0.05) is 31.5 Å². The molecule has 3 nitrogen and oxygen atoms in total. The Morgan fingerprint density at radius 3 is 2.78 bits per heavy atom. The number of piperidine rings is 1. The zero-order valence-electron chi connectivity index (χ0n) is 16.9. The van der Waals surface area contributed by atoms with Gasteiger partial charge in [0.05, 0.1) is 12.4 Å².